The number of rotatable bonds is 8. The van der Waals surface area contributed by atoms with Gasteiger partial charge in [0.1, 0.15) is 6.04 Å². The van der Waals surface area contributed by atoms with Crippen LogP contribution in [0.5, 0.6) is 0 Å². The molecule has 6 heteroatoms. The van der Waals surface area contributed by atoms with Gasteiger partial charge in [0.2, 0.25) is 11.8 Å². The van der Waals surface area contributed by atoms with Gasteiger partial charge in [-0.05, 0) is 49.6 Å². The van der Waals surface area contributed by atoms with Crippen LogP contribution in [0.2, 0.25) is 10.0 Å². The predicted molar refractivity (Wildman–Crippen MR) is 115 cm³/mol. The van der Waals surface area contributed by atoms with Crippen molar-refractivity contribution in [3.63, 3.8) is 0 Å². The summed E-state index contributed by atoms with van der Waals surface area (Å²) in [5, 5.41) is 4.14. The van der Waals surface area contributed by atoms with Crippen LogP contribution in [-0.2, 0) is 22.6 Å². The lowest BCUT2D eigenvalue weighted by atomic mass is 10.1. The summed E-state index contributed by atoms with van der Waals surface area (Å²) in [6.07, 6.45) is 1.00. The molecule has 0 aromatic heterocycles. The highest BCUT2D eigenvalue weighted by Gasteiger charge is 2.27. The van der Waals surface area contributed by atoms with Crippen molar-refractivity contribution in [1.29, 1.82) is 0 Å². The van der Waals surface area contributed by atoms with E-state index >= 15 is 0 Å². The molecular formula is C22H26Cl2N2O2. The Morgan fingerprint density at radius 1 is 1.04 bits per heavy atom. The van der Waals surface area contributed by atoms with Gasteiger partial charge < -0.3 is 10.2 Å². The van der Waals surface area contributed by atoms with Crippen molar-refractivity contribution in [1.82, 2.24) is 10.2 Å². The predicted octanol–water partition coefficient (Wildman–Crippen LogP) is 4.87. The maximum atomic E-state index is 13.1. The molecule has 0 fully saturated rings. The summed E-state index contributed by atoms with van der Waals surface area (Å²) in [4.78, 5) is 27.3. The maximum Gasteiger partial charge on any atom is 0.242 e. The molecule has 0 heterocycles. The SMILES string of the molecule is CC[C@H](C)NC(=O)[C@H](C)N(Cc1ccccc1Cl)C(=O)Cc1ccc(Cl)cc1. The molecule has 0 radical (unpaired) electrons. The molecule has 4 nitrogen and oxygen atoms in total. The molecule has 0 bridgehead atoms. The van der Waals surface area contributed by atoms with Crippen LogP contribution in [0, 0.1) is 0 Å². The Hall–Kier alpha value is -2.04. The van der Waals surface area contributed by atoms with Gasteiger partial charge in [-0.3, -0.25) is 9.59 Å². The van der Waals surface area contributed by atoms with Crippen molar-refractivity contribution >= 4 is 35.0 Å². The number of hydrogen-bond donors (Lipinski definition) is 1. The number of halogens is 2. The number of carbonyl (C=O) groups excluding carboxylic acids is 2. The Balaban J connectivity index is 2.23. The Labute approximate surface area is 176 Å². The first-order chi connectivity index (χ1) is 13.3. The number of hydrogen-bond acceptors (Lipinski definition) is 2. The maximum absolute atomic E-state index is 13.1. The van der Waals surface area contributed by atoms with Gasteiger partial charge in [-0.25, -0.2) is 0 Å². The van der Waals surface area contributed by atoms with Crippen molar-refractivity contribution in [2.45, 2.75) is 52.2 Å². The topological polar surface area (TPSA) is 49.4 Å². The molecule has 2 atom stereocenters. The van der Waals surface area contributed by atoms with Gasteiger partial charge >= 0.3 is 0 Å². The third-order valence-electron chi connectivity index (χ3n) is 4.74. The normalized spacial score (nSPS) is 12.9. The molecule has 0 unspecified atom stereocenters. The zero-order valence-corrected chi connectivity index (χ0v) is 17.9. The first-order valence-corrected chi connectivity index (χ1v) is 10.1. The van der Waals surface area contributed by atoms with Gasteiger partial charge in [0.25, 0.3) is 0 Å². The number of carbonyl (C=O) groups is 2. The first kappa shape index (κ1) is 22.3. The lowest BCUT2D eigenvalue weighted by Gasteiger charge is -2.30. The fourth-order valence-corrected chi connectivity index (χ4v) is 3.06. The molecule has 0 aliphatic heterocycles. The summed E-state index contributed by atoms with van der Waals surface area (Å²) < 4.78 is 0. The van der Waals surface area contributed by atoms with Crippen molar-refractivity contribution in [2.75, 3.05) is 0 Å². The van der Waals surface area contributed by atoms with Crippen LogP contribution in [-0.4, -0.2) is 28.8 Å². The highest BCUT2D eigenvalue weighted by atomic mass is 35.5. The van der Waals surface area contributed by atoms with E-state index in [9.17, 15) is 9.59 Å². The summed E-state index contributed by atoms with van der Waals surface area (Å²) in [6, 6.07) is 13.9. The van der Waals surface area contributed by atoms with Crippen LogP contribution in [0.25, 0.3) is 0 Å². The minimum Gasteiger partial charge on any atom is -0.352 e. The van der Waals surface area contributed by atoms with Crippen molar-refractivity contribution in [3.05, 3.63) is 69.7 Å². The van der Waals surface area contributed by atoms with E-state index in [0.717, 1.165) is 17.5 Å². The van der Waals surface area contributed by atoms with E-state index in [1.807, 2.05) is 44.2 Å². The second-order valence-corrected chi connectivity index (χ2v) is 7.75. The molecule has 2 aromatic carbocycles. The molecule has 2 aromatic rings. The standard InChI is InChI=1S/C22H26Cl2N2O2/c1-4-15(2)25-22(28)16(3)26(14-18-7-5-6-8-20(18)24)21(27)13-17-9-11-19(23)12-10-17/h5-12,15-16H,4,13-14H2,1-3H3,(H,25,28)/t15-,16-/m0/s1. The van der Waals surface area contributed by atoms with E-state index in [2.05, 4.69) is 5.32 Å². The Morgan fingerprint density at radius 3 is 2.29 bits per heavy atom. The molecule has 0 aliphatic rings. The third-order valence-corrected chi connectivity index (χ3v) is 5.36. The number of benzene rings is 2. The molecular weight excluding hydrogens is 395 g/mol. The second kappa shape index (κ2) is 10.5. The van der Waals surface area contributed by atoms with Gasteiger partial charge in [0.05, 0.1) is 6.42 Å². The quantitative estimate of drug-likeness (QED) is 0.661. The monoisotopic (exact) mass is 420 g/mol. The lowest BCUT2D eigenvalue weighted by molar-refractivity contribution is -0.140. The van der Waals surface area contributed by atoms with Crippen molar-refractivity contribution < 1.29 is 9.59 Å². The van der Waals surface area contributed by atoms with E-state index in [0.29, 0.717) is 10.0 Å². The average Bonchev–Trinajstić information content (AvgIpc) is 2.68. The van der Waals surface area contributed by atoms with Crippen molar-refractivity contribution in [2.24, 2.45) is 0 Å². The van der Waals surface area contributed by atoms with Crippen LogP contribution in [0.1, 0.15) is 38.3 Å². The van der Waals surface area contributed by atoms with Crippen LogP contribution < -0.4 is 5.32 Å². The van der Waals surface area contributed by atoms with Crippen LogP contribution in [0.15, 0.2) is 48.5 Å². The highest BCUT2D eigenvalue weighted by molar-refractivity contribution is 6.31. The van der Waals surface area contributed by atoms with Gasteiger partial charge in [-0.2, -0.15) is 0 Å². The molecule has 0 saturated heterocycles. The third kappa shape index (κ3) is 6.25. The Kier molecular flexibility index (Phi) is 8.34. The lowest BCUT2D eigenvalue weighted by Crippen LogP contribution is -2.49. The van der Waals surface area contributed by atoms with Gasteiger partial charge in [0, 0.05) is 22.6 Å². The fraction of sp³-hybridized carbons (Fsp3) is 0.364. The fourth-order valence-electron chi connectivity index (χ4n) is 2.74. The van der Waals surface area contributed by atoms with Crippen LogP contribution in [0.3, 0.4) is 0 Å². The summed E-state index contributed by atoms with van der Waals surface area (Å²) >= 11 is 12.2. The Morgan fingerprint density at radius 2 is 1.68 bits per heavy atom. The van der Waals surface area contributed by atoms with E-state index in [1.165, 1.54) is 0 Å². The zero-order chi connectivity index (χ0) is 20.7. The largest absolute Gasteiger partial charge is 0.352 e. The molecule has 150 valence electrons. The van der Waals surface area contributed by atoms with E-state index in [-0.39, 0.29) is 30.8 Å². The number of nitrogens with one attached hydrogen (secondary N) is 1. The molecule has 1 N–H and O–H groups in total. The zero-order valence-electron chi connectivity index (χ0n) is 16.4. The smallest absolute Gasteiger partial charge is 0.242 e. The van der Waals surface area contributed by atoms with Crippen molar-refractivity contribution in [3.8, 4) is 0 Å². The van der Waals surface area contributed by atoms with Gasteiger partial charge in [0.15, 0.2) is 0 Å². The summed E-state index contributed by atoms with van der Waals surface area (Å²) in [6.45, 7) is 5.96. The molecule has 0 spiro atoms. The highest BCUT2D eigenvalue weighted by Crippen LogP contribution is 2.20. The minimum atomic E-state index is -0.620. The van der Waals surface area contributed by atoms with E-state index < -0.39 is 6.04 Å². The summed E-state index contributed by atoms with van der Waals surface area (Å²) in [5.74, 6) is -0.320. The van der Waals surface area contributed by atoms with Crippen LogP contribution in [0.4, 0.5) is 0 Å². The van der Waals surface area contributed by atoms with Crippen LogP contribution >= 0.6 is 23.2 Å². The number of amides is 2. The molecule has 28 heavy (non-hydrogen) atoms. The second-order valence-electron chi connectivity index (χ2n) is 6.91. The Bertz CT molecular complexity index is 808. The minimum absolute atomic E-state index is 0.0449. The molecule has 0 aliphatic carbocycles. The average molecular weight is 421 g/mol. The first-order valence-electron chi connectivity index (χ1n) is 9.39. The van der Waals surface area contributed by atoms with Gasteiger partial charge in [-0.15, -0.1) is 0 Å². The molecule has 2 rings (SSSR count). The molecule has 0 saturated carbocycles. The van der Waals surface area contributed by atoms with E-state index in [1.54, 1.807) is 30.0 Å². The number of nitrogens with zero attached hydrogens (tertiary/aromatic N) is 1. The van der Waals surface area contributed by atoms with E-state index in [4.69, 9.17) is 23.2 Å². The summed E-state index contributed by atoms with van der Waals surface area (Å²) in [7, 11) is 0. The van der Waals surface area contributed by atoms with Gasteiger partial charge in [-0.1, -0.05) is 60.5 Å². The molecule has 2 amide bonds. The summed E-state index contributed by atoms with van der Waals surface area (Å²) in [5.41, 5.74) is 1.64.